The molecular weight excluding hydrogens is 318 g/mol. The Kier molecular flexibility index (Phi) is 4.39. The van der Waals surface area contributed by atoms with E-state index in [9.17, 15) is 4.79 Å². The number of amides is 2. The number of aromatic nitrogens is 2. The maximum Gasteiger partial charge on any atom is 0.355 e. The number of thioether (sulfide) groups is 1. The third-order valence-electron chi connectivity index (χ3n) is 3.18. The molecule has 0 saturated carbocycles. The Balaban J connectivity index is 1.79. The molecule has 0 unspecified atom stereocenters. The van der Waals surface area contributed by atoms with Crippen LogP contribution in [0.5, 0.6) is 0 Å². The molecule has 2 amide bonds. The summed E-state index contributed by atoms with van der Waals surface area (Å²) in [6.45, 7) is 1.20. The second-order valence-corrected chi connectivity index (χ2v) is 6.30. The van der Waals surface area contributed by atoms with Gasteiger partial charge in [0.1, 0.15) is 5.82 Å². The summed E-state index contributed by atoms with van der Waals surface area (Å²) in [6.07, 6.45) is 0. The number of carbonyl (C=O) groups excluding carboxylic acids is 1. The molecule has 114 valence electrons. The molecule has 6 nitrogen and oxygen atoms in total. The number of hydrogen-bond acceptors (Lipinski definition) is 5. The first-order chi connectivity index (χ1) is 10.6. The Morgan fingerprint density at radius 1 is 1.45 bits per heavy atom. The zero-order valence-electron chi connectivity index (χ0n) is 11.7. The van der Waals surface area contributed by atoms with Crippen molar-refractivity contribution >= 4 is 36.4 Å². The fourth-order valence-corrected chi connectivity index (χ4v) is 3.29. The second-order valence-electron chi connectivity index (χ2n) is 4.76. The summed E-state index contributed by atoms with van der Waals surface area (Å²) in [5.74, 6) is 1.50. The van der Waals surface area contributed by atoms with Crippen molar-refractivity contribution in [3.05, 3.63) is 47.4 Å². The van der Waals surface area contributed by atoms with Crippen LogP contribution in [0.3, 0.4) is 0 Å². The number of benzene rings is 1. The topological polar surface area (TPSA) is 76.5 Å². The summed E-state index contributed by atoms with van der Waals surface area (Å²) >= 11 is 5.80. The first-order valence-electron chi connectivity index (χ1n) is 6.72. The van der Waals surface area contributed by atoms with Crippen molar-refractivity contribution in [3.63, 3.8) is 0 Å². The highest BCUT2D eigenvalue weighted by Gasteiger charge is 2.15. The average molecular weight is 333 g/mol. The highest BCUT2D eigenvalue weighted by molar-refractivity contribution is 7.99. The summed E-state index contributed by atoms with van der Waals surface area (Å²) in [5.41, 5.74) is 7.25. The summed E-state index contributed by atoms with van der Waals surface area (Å²) in [5, 5.41) is 0.792. The number of urea groups is 1. The predicted octanol–water partition coefficient (Wildman–Crippen LogP) is 1.94. The number of carbonyl (C=O) groups is 1. The first-order valence-corrected chi connectivity index (χ1v) is 8.11. The molecule has 8 heteroatoms. The summed E-state index contributed by atoms with van der Waals surface area (Å²) in [6, 6.07) is 10.7. The van der Waals surface area contributed by atoms with Crippen LogP contribution in [-0.2, 0) is 13.1 Å². The van der Waals surface area contributed by atoms with E-state index in [-0.39, 0.29) is 0 Å². The number of nitrogens with zero attached hydrogens (tertiary/aromatic N) is 4. The Bertz CT molecular complexity index is 760. The predicted molar refractivity (Wildman–Crippen MR) is 89.3 cm³/mol. The Hall–Kier alpha value is -1.93. The van der Waals surface area contributed by atoms with Crippen LogP contribution in [0.2, 0.25) is 0 Å². The number of nitrogens with two attached hydrogens (primary N) is 1. The van der Waals surface area contributed by atoms with Crippen molar-refractivity contribution in [3.8, 4) is 0 Å². The summed E-state index contributed by atoms with van der Waals surface area (Å²) < 4.78 is 3.16. The van der Waals surface area contributed by atoms with Crippen LogP contribution in [0.1, 0.15) is 5.56 Å². The van der Waals surface area contributed by atoms with E-state index in [4.69, 9.17) is 5.73 Å². The molecule has 3 rings (SSSR count). The van der Waals surface area contributed by atoms with Crippen LogP contribution < -0.4 is 11.2 Å². The number of fused-ring (bicyclic) bond motifs is 1. The van der Waals surface area contributed by atoms with E-state index in [1.807, 2.05) is 34.9 Å². The molecule has 1 aromatic carbocycles. The number of hydrogen-bond donors (Lipinski definition) is 2. The average Bonchev–Trinajstić information content (AvgIpc) is 2.97. The molecule has 0 fully saturated rings. The molecule has 2 aromatic rings. The summed E-state index contributed by atoms with van der Waals surface area (Å²) in [4.78, 5) is 20.4. The van der Waals surface area contributed by atoms with Crippen molar-refractivity contribution in [1.29, 1.82) is 0 Å². The van der Waals surface area contributed by atoms with Gasteiger partial charge in [-0.3, -0.25) is 4.31 Å². The molecule has 1 aromatic heterocycles. The van der Waals surface area contributed by atoms with Crippen molar-refractivity contribution in [1.82, 2.24) is 13.9 Å². The molecule has 22 heavy (non-hydrogen) atoms. The minimum atomic E-state index is -0.466. The van der Waals surface area contributed by atoms with E-state index < -0.39 is 6.03 Å². The normalized spacial score (nSPS) is 14.0. The zero-order valence-corrected chi connectivity index (χ0v) is 13.4. The lowest BCUT2D eigenvalue weighted by Gasteiger charge is -2.12. The van der Waals surface area contributed by atoms with Crippen molar-refractivity contribution < 1.29 is 4.79 Å². The van der Waals surface area contributed by atoms with Gasteiger partial charge >= 0.3 is 6.03 Å². The molecule has 1 aliphatic heterocycles. The molecule has 2 N–H and O–H groups in total. The van der Waals surface area contributed by atoms with Gasteiger partial charge in [0.15, 0.2) is 10.6 Å². The van der Waals surface area contributed by atoms with E-state index in [1.165, 1.54) is 4.31 Å². The lowest BCUT2D eigenvalue weighted by molar-refractivity contribution is 0.234. The van der Waals surface area contributed by atoms with Gasteiger partial charge in [-0.05, 0) is 5.56 Å². The molecule has 0 saturated heterocycles. The van der Waals surface area contributed by atoms with Gasteiger partial charge in [0.25, 0.3) is 0 Å². The van der Waals surface area contributed by atoms with Crippen LogP contribution in [0.25, 0.3) is 0 Å². The molecule has 0 atom stereocenters. The van der Waals surface area contributed by atoms with Crippen molar-refractivity contribution in [2.75, 3.05) is 11.5 Å². The second kappa shape index (κ2) is 6.45. The lowest BCUT2D eigenvalue weighted by atomic mass is 10.2. The van der Waals surface area contributed by atoms with E-state index >= 15 is 0 Å². The van der Waals surface area contributed by atoms with Crippen molar-refractivity contribution in [2.24, 2.45) is 4.99 Å². The molecular formula is C14H15N5OS2. The monoisotopic (exact) mass is 333 g/mol. The van der Waals surface area contributed by atoms with Crippen LogP contribution in [-0.4, -0.2) is 25.6 Å². The number of nitrogen functional groups attached to an aromatic ring is 1. The van der Waals surface area contributed by atoms with Gasteiger partial charge in [-0.15, -0.1) is 0 Å². The first kappa shape index (κ1) is 15.0. The molecule has 1 aliphatic rings. The van der Waals surface area contributed by atoms with Gasteiger partial charge in [-0.2, -0.15) is 4.99 Å². The SMILES string of the molecule is Nc1cc(=NC(=O)N(S)Cc2ccccc2)nc2n1CCS2. The van der Waals surface area contributed by atoms with Gasteiger partial charge in [-0.25, -0.2) is 9.78 Å². The van der Waals surface area contributed by atoms with E-state index in [0.717, 1.165) is 23.0 Å². The van der Waals surface area contributed by atoms with E-state index in [1.54, 1.807) is 17.8 Å². The maximum atomic E-state index is 12.1. The Labute approximate surface area is 137 Å². The highest BCUT2D eigenvalue weighted by Crippen LogP contribution is 2.23. The Morgan fingerprint density at radius 2 is 2.23 bits per heavy atom. The van der Waals surface area contributed by atoms with Gasteiger partial charge in [0, 0.05) is 18.4 Å². The van der Waals surface area contributed by atoms with Gasteiger partial charge < -0.3 is 10.3 Å². The third kappa shape index (κ3) is 3.28. The minimum absolute atomic E-state index is 0.315. The maximum absolute atomic E-state index is 12.1. The molecule has 0 radical (unpaired) electrons. The van der Waals surface area contributed by atoms with Crippen LogP contribution in [0.4, 0.5) is 10.6 Å². The summed E-state index contributed by atoms with van der Waals surface area (Å²) in [7, 11) is 0. The van der Waals surface area contributed by atoms with Crippen LogP contribution in [0, 0.1) is 0 Å². The standard InChI is InChI=1S/C14H15N5OS2/c15-11-8-12(17-14-18(11)6-7-22-14)16-13(20)19(21)9-10-4-2-1-3-5-10/h1-5,8,21H,6-7,9,15H2. The van der Waals surface area contributed by atoms with E-state index in [2.05, 4.69) is 22.8 Å². The zero-order chi connectivity index (χ0) is 15.5. The van der Waals surface area contributed by atoms with Gasteiger partial charge in [-0.1, -0.05) is 54.9 Å². The minimum Gasteiger partial charge on any atom is -0.385 e. The Morgan fingerprint density at radius 3 is 3.00 bits per heavy atom. The third-order valence-corrected chi connectivity index (χ3v) is 4.45. The fourth-order valence-electron chi connectivity index (χ4n) is 2.11. The molecule has 0 bridgehead atoms. The number of rotatable bonds is 2. The largest absolute Gasteiger partial charge is 0.385 e. The van der Waals surface area contributed by atoms with Crippen molar-refractivity contribution in [2.45, 2.75) is 18.2 Å². The van der Waals surface area contributed by atoms with Crippen LogP contribution >= 0.6 is 24.6 Å². The van der Waals surface area contributed by atoms with E-state index in [0.29, 0.717) is 17.9 Å². The highest BCUT2D eigenvalue weighted by atomic mass is 32.2. The number of thiol groups is 1. The quantitative estimate of drug-likeness (QED) is 0.650. The van der Waals surface area contributed by atoms with Crippen LogP contribution in [0.15, 0.2) is 46.5 Å². The molecule has 2 heterocycles. The molecule has 0 aliphatic carbocycles. The molecule has 0 spiro atoms. The van der Waals surface area contributed by atoms with Gasteiger partial charge in [0.2, 0.25) is 0 Å². The smallest absolute Gasteiger partial charge is 0.355 e. The fraction of sp³-hybridized carbons (Fsp3) is 0.214. The van der Waals surface area contributed by atoms with Gasteiger partial charge in [0.05, 0.1) is 6.54 Å². The number of anilines is 1. The lowest BCUT2D eigenvalue weighted by Crippen LogP contribution is -2.23.